The lowest BCUT2D eigenvalue weighted by atomic mass is 9.98. The third-order valence-electron chi connectivity index (χ3n) is 12.3. The number of furan rings is 2. The topological polar surface area (TPSA) is 29.5 Å². The summed E-state index contributed by atoms with van der Waals surface area (Å²) < 4.78 is 12.3. The molecule has 0 atom stereocenters. The van der Waals surface area contributed by atoms with Crippen LogP contribution in [0.4, 0.5) is 17.1 Å². The summed E-state index contributed by atoms with van der Waals surface area (Å²) in [6, 6.07) is 84.3. The van der Waals surface area contributed by atoms with Gasteiger partial charge in [0, 0.05) is 38.6 Å². The summed E-state index contributed by atoms with van der Waals surface area (Å²) in [5.74, 6) is 0. The van der Waals surface area contributed by atoms with Gasteiger partial charge >= 0.3 is 0 Å². The quantitative estimate of drug-likeness (QED) is 0.153. The number of fused-ring (bicyclic) bond motifs is 6. The van der Waals surface area contributed by atoms with Gasteiger partial charge in [-0.3, -0.25) is 0 Å². The van der Waals surface area contributed by atoms with Crippen LogP contribution in [0.5, 0.6) is 0 Å². The molecule has 0 radical (unpaired) electrons. The van der Waals surface area contributed by atoms with Crippen molar-refractivity contribution >= 4 is 60.9 Å². The van der Waals surface area contributed by atoms with Crippen molar-refractivity contribution in [3.8, 4) is 55.6 Å². The lowest BCUT2D eigenvalue weighted by Gasteiger charge is -2.26. The number of rotatable bonds is 8. The van der Waals surface area contributed by atoms with E-state index in [1.165, 1.54) is 33.4 Å². The molecule has 12 rings (SSSR count). The first-order valence-electron chi connectivity index (χ1n) is 21.4. The fourth-order valence-corrected chi connectivity index (χ4v) is 9.01. The van der Waals surface area contributed by atoms with Crippen LogP contribution in [-0.2, 0) is 0 Å². The molecule has 0 unspecified atom stereocenters. The summed E-state index contributed by atoms with van der Waals surface area (Å²) in [7, 11) is 0. The first-order valence-corrected chi connectivity index (χ1v) is 21.4. The van der Waals surface area contributed by atoms with E-state index in [2.05, 4.69) is 217 Å². The van der Waals surface area contributed by atoms with E-state index in [9.17, 15) is 0 Å². The van der Waals surface area contributed by atoms with Crippen molar-refractivity contribution in [3.05, 3.63) is 237 Å². The van der Waals surface area contributed by atoms with E-state index in [1.807, 2.05) is 24.3 Å². The van der Waals surface area contributed by atoms with E-state index >= 15 is 0 Å². The van der Waals surface area contributed by atoms with Crippen molar-refractivity contribution in [1.82, 2.24) is 0 Å². The highest BCUT2D eigenvalue weighted by Gasteiger charge is 2.16. The van der Waals surface area contributed by atoms with Gasteiger partial charge in [-0.25, -0.2) is 0 Å². The van der Waals surface area contributed by atoms with Crippen LogP contribution in [0.15, 0.2) is 245 Å². The van der Waals surface area contributed by atoms with E-state index < -0.39 is 0 Å². The Hall–Kier alpha value is -8.40. The third kappa shape index (κ3) is 6.73. The van der Waals surface area contributed by atoms with E-state index in [0.717, 1.165) is 83.2 Å². The van der Waals surface area contributed by atoms with Crippen molar-refractivity contribution in [2.45, 2.75) is 0 Å². The Kier molecular flexibility index (Phi) is 8.83. The van der Waals surface area contributed by atoms with Gasteiger partial charge in [0.05, 0.1) is 0 Å². The van der Waals surface area contributed by atoms with Crippen LogP contribution in [0, 0.1) is 0 Å². The maximum Gasteiger partial charge on any atom is 0.135 e. The Bertz CT molecular complexity index is 3410. The molecule has 0 spiro atoms. The largest absolute Gasteiger partial charge is 0.456 e. The number of hydrogen-bond donors (Lipinski definition) is 0. The number of anilines is 3. The van der Waals surface area contributed by atoms with Crippen molar-refractivity contribution in [3.63, 3.8) is 0 Å². The fraction of sp³-hybridized carbons (Fsp3) is 0. The minimum Gasteiger partial charge on any atom is -0.456 e. The van der Waals surface area contributed by atoms with Gasteiger partial charge in [-0.2, -0.15) is 0 Å². The first-order chi connectivity index (χ1) is 31.2. The highest BCUT2D eigenvalue weighted by molar-refractivity contribution is 6.07. The van der Waals surface area contributed by atoms with Crippen LogP contribution in [-0.4, -0.2) is 0 Å². The molecular formula is C60H39NO2. The standard InChI is InChI=1S/C60H39NO2/c1-2-8-40(9-3-1)41-14-16-42(17-15-41)43-18-20-44(21-19-43)45-22-30-50(31-23-45)61(51-32-24-46(25-33-51)48-28-36-59-55(38-48)53-10-4-6-12-57(53)62-59)52-34-26-47(27-35-52)49-29-37-60-56(39-49)54-11-5-7-13-58(54)63-60/h1-39H. The highest BCUT2D eigenvalue weighted by atomic mass is 16.3. The number of nitrogens with zero attached hydrogens (tertiary/aromatic N) is 1. The minimum absolute atomic E-state index is 0.900. The molecule has 0 saturated carbocycles. The Morgan fingerprint density at radius 1 is 0.206 bits per heavy atom. The van der Waals surface area contributed by atoms with Crippen molar-refractivity contribution in [2.24, 2.45) is 0 Å². The van der Waals surface area contributed by atoms with Crippen LogP contribution in [0.1, 0.15) is 0 Å². The molecule has 63 heavy (non-hydrogen) atoms. The van der Waals surface area contributed by atoms with Gasteiger partial charge in [0.1, 0.15) is 22.3 Å². The molecule has 3 heteroatoms. The SMILES string of the molecule is c1ccc(-c2ccc(-c3ccc(-c4ccc(N(c5ccc(-c6ccc7oc8ccccc8c7c6)cc5)c5ccc(-c6ccc7oc8ccccc8c7c6)cc5)cc4)cc3)cc2)cc1. The van der Waals surface area contributed by atoms with E-state index in [1.54, 1.807) is 0 Å². The van der Waals surface area contributed by atoms with Gasteiger partial charge in [0.25, 0.3) is 0 Å². The van der Waals surface area contributed by atoms with E-state index in [4.69, 9.17) is 8.83 Å². The molecule has 2 aromatic heterocycles. The maximum absolute atomic E-state index is 6.13. The molecule has 2 heterocycles. The molecule has 3 nitrogen and oxygen atoms in total. The Morgan fingerprint density at radius 3 is 0.857 bits per heavy atom. The molecule has 296 valence electrons. The molecular weight excluding hydrogens is 767 g/mol. The Morgan fingerprint density at radius 2 is 0.476 bits per heavy atom. The van der Waals surface area contributed by atoms with Crippen LogP contribution >= 0.6 is 0 Å². The summed E-state index contributed by atoms with van der Waals surface area (Å²) in [5, 5.41) is 4.51. The average molecular weight is 806 g/mol. The summed E-state index contributed by atoms with van der Waals surface area (Å²) in [5.41, 5.74) is 18.6. The fourth-order valence-electron chi connectivity index (χ4n) is 9.01. The van der Waals surface area contributed by atoms with Gasteiger partial charge < -0.3 is 13.7 Å². The zero-order chi connectivity index (χ0) is 41.7. The second-order valence-electron chi connectivity index (χ2n) is 16.1. The van der Waals surface area contributed by atoms with Gasteiger partial charge in [0.15, 0.2) is 0 Å². The molecule has 10 aromatic carbocycles. The maximum atomic E-state index is 6.13. The third-order valence-corrected chi connectivity index (χ3v) is 12.3. The normalized spacial score (nSPS) is 11.5. The average Bonchev–Trinajstić information content (AvgIpc) is 3.93. The van der Waals surface area contributed by atoms with Crippen LogP contribution in [0.25, 0.3) is 99.5 Å². The first kappa shape index (κ1) is 36.5. The predicted molar refractivity (Wildman–Crippen MR) is 263 cm³/mol. The molecule has 0 aliphatic heterocycles. The zero-order valence-electron chi connectivity index (χ0n) is 34.3. The number of para-hydroxylation sites is 2. The van der Waals surface area contributed by atoms with E-state index in [-0.39, 0.29) is 0 Å². The molecule has 0 amide bonds. The number of hydrogen-bond acceptors (Lipinski definition) is 3. The van der Waals surface area contributed by atoms with Crippen molar-refractivity contribution in [1.29, 1.82) is 0 Å². The molecule has 0 fully saturated rings. The van der Waals surface area contributed by atoms with Crippen LogP contribution < -0.4 is 4.90 Å². The number of benzene rings is 10. The van der Waals surface area contributed by atoms with Crippen LogP contribution in [0.2, 0.25) is 0 Å². The molecule has 0 bridgehead atoms. The van der Waals surface area contributed by atoms with Gasteiger partial charge in [-0.1, -0.05) is 164 Å². The molecule has 0 aliphatic carbocycles. The monoisotopic (exact) mass is 805 g/mol. The van der Waals surface area contributed by atoms with Crippen molar-refractivity contribution in [2.75, 3.05) is 4.90 Å². The summed E-state index contributed by atoms with van der Waals surface area (Å²) in [6.07, 6.45) is 0. The highest BCUT2D eigenvalue weighted by Crippen LogP contribution is 2.40. The summed E-state index contributed by atoms with van der Waals surface area (Å²) in [6.45, 7) is 0. The minimum atomic E-state index is 0.900. The summed E-state index contributed by atoms with van der Waals surface area (Å²) in [4.78, 5) is 2.33. The van der Waals surface area contributed by atoms with E-state index in [0.29, 0.717) is 0 Å². The lowest BCUT2D eigenvalue weighted by Crippen LogP contribution is -2.09. The second kappa shape index (κ2) is 15.3. The summed E-state index contributed by atoms with van der Waals surface area (Å²) >= 11 is 0. The van der Waals surface area contributed by atoms with Gasteiger partial charge in [0.2, 0.25) is 0 Å². The van der Waals surface area contributed by atoms with Gasteiger partial charge in [-0.15, -0.1) is 0 Å². The predicted octanol–water partition coefficient (Wildman–Crippen LogP) is 17.3. The zero-order valence-corrected chi connectivity index (χ0v) is 34.3. The molecule has 0 N–H and O–H groups in total. The Balaban J connectivity index is 0.865. The van der Waals surface area contributed by atoms with Crippen molar-refractivity contribution < 1.29 is 8.83 Å². The molecule has 12 aromatic rings. The van der Waals surface area contributed by atoms with Gasteiger partial charge in [-0.05, 0) is 128 Å². The lowest BCUT2D eigenvalue weighted by molar-refractivity contribution is 0.668. The molecule has 0 saturated heterocycles. The Labute approximate surface area is 365 Å². The smallest absolute Gasteiger partial charge is 0.135 e. The van der Waals surface area contributed by atoms with Crippen LogP contribution in [0.3, 0.4) is 0 Å². The molecule has 0 aliphatic rings. The second-order valence-corrected chi connectivity index (χ2v) is 16.1.